The van der Waals surface area contributed by atoms with Gasteiger partial charge in [0.1, 0.15) is 10.9 Å². The van der Waals surface area contributed by atoms with Gasteiger partial charge in [-0.05, 0) is 28.4 Å². The van der Waals surface area contributed by atoms with Crippen molar-refractivity contribution in [3.63, 3.8) is 0 Å². The number of thiophene rings is 1. The highest BCUT2D eigenvalue weighted by Crippen LogP contribution is 2.33. The van der Waals surface area contributed by atoms with Crippen LogP contribution in [0.4, 0.5) is 5.00 Å². The number of nitrogens with zero attached hydrogens (tertiary/aromatic N) is 3. The van der Waals surface area contributed by atoms with Gasteiger partial charge in [0.25, 0.3) is 0 Å². The minimum atomic E-state index is 0.544. The number of nitriles is 1. The van der Waals surface area contributed by atoms with Crippen LogP contribution in [0.25, 0.3) is 0 Å². The molecule has 0 saturated carbocycles. The van der Waals surface area contributed by atoms with Gasteiger partial charge in [-0.15, -0.1) is 16.5 Å². The van der Waals surface area contributed by atoms with E-state index in [4.69, 9.17) is 10.5 Å². The lowest BCUT2D eigenvalue weighted by Gasteiger charge is -2.19. The van der Waals surface area contributed by atoms with Crippen LogP contribution in [-0.4, -0.2) is 24.5 Å². The molecule has 0 spiro atoms. The van der Waals surface area contributed by atoms with Crippen molar-refractivity contribution in [3.05, 3.63) is 15.4 Å². The molecule has 0 saturated heterocycles. The number of halogens is 1. The van der Waals surface area contributed by atoms with Crippen LogP contribution in [-0.2, 0) is 0 Å². The molecule has 0 aliphatic carbocycles. The van der Waals surface area contributed by atoms with E-state index in [0.29, 0.717) is 11.4 Å². The highest BCUT2D eigenvalue weighted by molar-refractivity contribution is 9.10. The standard InChI is InChI=1S/C10H12BrN3OS/c1-2-4-14(5-3-13-15)10-6-8(11)9(7-12)16-10/h3,6,15H,2,4-5H2,1H3/b13-3+. The van der Waals surface area contributed by atoms with E-state index >= 15 is 0 Å². The maximum Gasteiger partial charge on any atom is 0.121 e. The molecule has 6 heteroatoms. The third kappa shape index (κ3) is 3.22. The van der Waals surface area contributed by atoms with Crippen molar-refractivity contribution in [1.29, 1.82) is 5.26 Å². The number of rotatable bonds is 5. The summed E-state index contributed by atoms with van der Waals surface area (Å²) < 4.78 is 0.817. The van der Waals surface area contributed by atoms with Crippen LogP contribution in [0, 0.1) is 11.3 Å². The lowest BCUT2D eigenvalue weighted by atomic mass is 10.4. The van der Waals surface area contributed by atoms with Crippen LogP contribution in [0.1, 0.15) is 18.2 Å². The second kappa shape index (κ2) is 6.51. The van der Waals surface area contributed by atoms with Crippen LogP contribution in [0.5, 0.6) is 0 Å². The number of oxime groups is 1. The van der Waals surface area contributed by atoms with E-state index < -0.39 is 0 Å². The van der Waals surface area contributed by atoms with Crippen LogP contribution in [0.15, 0.2) is 15.7 Å². The van der Waals surface area contributed by atoms with Crippen molar-refractivity contribution in [2.75, 3.05) is 18.0 Å². The smallest absolute Gasteiger partial charge is 0.121 e. The van der Waals surface area contributed by atoms with E-state index in [1.165, 1.54) is 17.6 Å². The van der Waals surface area contributed by atoms with Gasteiger partial charge in [-0.2, -0.15) is 5.26 Å². The molecule has 0 amide bonds. The third-order valence-corrected chi connectivity index (χ3v) is 3.95. The molecule has 0 atom stereocenters. The molecule has 0 unspecified atom stereocenters. The maximum atomic E-state index is 8.87. The Morgan fingerprint density at radius 1 is 1.75 bits per heavy atom. The first kappa shape index (κ1) is 13.0. The van der Waals surface area contributed by atoms with Gasteiger partial charge in [0.2, 0.25) is 0 Å². The molecule has 1 heterocycles. The molecule has 0 radical (unpaired) electrons. The molecule has 16 heavy (non-hydrogen) atoms. The Balaban J connectivity index is 2.88. The molecule has 1 aromatic heterocycles. The van der Waals surface area contributed by atoms with Gasteiger partial charge in [-0.25, -0.2) is 0 Å². The molecule has 0 aliphatic rings. The summed E-state index contributed by atoms with van der Waals surface area (Å²) in [5.41, 5.74) is 0. The van der Waals surface area contributed by atoms with E-state index in [2.05, 4.69) is 39.0 Å². The predicted octanol–water partition coefficient (Wildman–Crippen LogP) is 3.06. The minimum absolute atomic E-state index is 0.544. The zero-order valence-corrected chi connectivity index (χ0v) is 11.3. The molecule has 1 N–H and O–H groups in total. The lowest BCUT2D eigenvalue weighted by Crippen LogP contribution is -2.25. The summed E-state index contributed by atoms with van der Waals surface area (Å²) in [6, 6.07) is 4.05. The van der Waals surface area contributed by atoms with Gasteiger partial charge in [0, 0.05) is 11.0 Å². The highest BCUT2D eigenvalue weighted by Gasteiger charge is 2.11. The van der Waals surface area contributed by atoms with Crippen molar-refractivity contribution in [2.45, 2.75) is 13.3 Å². The van der Waals surface area contributed by atoms with E-state index in [9.17, 15) is 0 Å². The Labute approximate surface area is 107 Å². The molecule has 0 aliphatic heterocycles. The first-order chi connectivity index (χ1) is 7.72. The second-order valence-electron chi connectivity index (χ2n) is 3.12. The monoisotopic (exact) mass is 301 g/mol. The largest absolute Gasteiger partial charge is 0.411 e. The second-order valence-corrected chi connectivity index (χ2v) is 5.00. The van der Waals surface area contributed by atoms with Crippen LogP contribution in [0.2, 0.25) is 0 Å². The molecule has 1 aromatic rings. The first-order valence-corrected chi connectivity index (χ1v) is 6.44. The molecule has 4 nitrogen and oxygen atoms in total. The van der Waals surface area contributed by atoms with Crippen molar-refractivity contribution in [1.82, 2.24) is 0 Å². The fraction of sp³-hybridized carbons (Fsp3) is 0.400. The Bertz CT molecular complexity index is 411. The van der Waals surface area contributed by atoms with Crippen molar-refractivity contribution >= 4 is 38.5 Å². The predicted molar refractivity (Wildman–Crippen MR) is 69.5 cm³/mol. The average Bonchev–Trinajstić information content (AvgIpc) is 2.65. The topological polar surface area (TPSA) is 59.6 Å². The zero-order valence-electron chi connectivity index (χ0n) is 8.85. The van der Waals surface area contributed by atoms with Gasteiger partial charge in [0.05, 0.1) is 17.8 Å². The summed E-state index contributed by atoms with van der Waals surface area (Å²) in [4.78, 5) is 2.73. The summed E-state index contributed by atoms with van der Waals surface area (Å²) in [5.74, 6) is 0. The van der Waals surface area contributed by atoms with Crippen LogP contribution >= 0.6 is 27.3 Å². The Morgan fingerprint density at radius 3 is 3.00 bits per heavy atom. The quantitative estimate of drug-likeness (QED) is 0.516. The molecular weight excluding hydrogens is 290 g/mol. The molecule has 1 rings (SSSR count). The third-order valence-electron chi connectivity index (χ3n) is 1.96. The van der Waals surface area contributed by atoms with Crippen molar-refractivity contribution in [3.8, 4) is 6.07 Å². The van der Waals surface area contributed by atoms with Gasteiger partial charge in [-0.1, -0.05) is 6.92 Å². The van der Waals surface area contributed by atoms with Crippen LogP contribution < -0.4 is 4.90 Å². The SMILES string of the molecule is CCCN(C/C=N/O)c1cc(Br)c(C#N)s1. The van der Waals surface area contributed by atoms with E-state index in [1.807, 2.05) is 6.07 Å². The molecule has 0 fully saturated rings. The Kier molecular flexibility index (Phi) is 5.29. The van der Waals surface area contributed by atoms with Gasteiger partial charge < -0.3 is 10.1 Å². The highest BCUT2D eigenvalue weighted by atomic mass is 79.9. The van der Waals surface area contributed by atoms with Gasteiger partial charge in [-0.3, -0.25) is 0 Å². The van der Waals surface area contributed by atoms with Crippen LogP contribution in [0.3, 0.4) is 0 Å². The number of anilines is 1. The molecule has 0 aromatic carbocycles. The molecule has 0 bridgehead atoms. The fourth-order valence-electron chi connectivity index (χ4n) is 1.29. The van der Waals surface area contributed by atoms with E-state index in [-0.39, 0.29) is 0 Å². The number of hydrogen-bond acceptors (Lipinski definition) is 5. The van der Waals surface area contributed by atoms with E-state index in [1.54, 1.807) is 0 Å². The van der Waals surface area contributed by atoms with Gasteiger partial charge >= 0.3 is 0 Å². The average molecular weight is 302 g/mol. The normalized spacial score (nSPS) is 10.6. The summed E-state index contributed by atoms with van der Waals surface area (Å²) in [7, 11) is 0. The summed E-state index contributed by atoms with van der Waals surface area (Å²) in [6.07, 6.45) is 2.44. The summed E-state index contributed by atoms with van der Waals surface area (Å²) >= 11 is 4.78. The first-order valence-electron chi connectivity index (χ1n) is 4.83. The maximum absolute atomic E-state index is 8.87. The minimum Gasteiger partial charge on any atom is -0.411 e. The summed E-state index contributed by atoms with van der Waals surface area (Å²) in [6.45, 7) is 3.49. The fourth-order valence-corrected chi connectivity index (χ4v) is 2.87. The molecule has 86 valence electrons. The zero-order chi connectivity index (χ0) is 12.0. The van der Waals surface area contributed by atoms with Gasteiger partial charge in [0.15, 0.2) is 0 Å². The summed E-state index contributed by atoms with van der Waals surface area (Å²) in [5, 5.41) is 21.3. The van der Waals surface area contributed by atoms with E-state index in [0.717, 1.165) is 22.4 Å². The van der Waals surface area contributed by atoms with Crippen molar-refractivity contribution < 1.29 is 5.21 Å². The Morgan fingerprint density at radius 2 is 2.50 bits per heavy atom. The number of hydrogen-bond donors (Lipinski definition) is 1. The van der Waals surface area contributed by atoms with Crippen molar-refractivity contribution in [2.24, 2.45) is 5.16 Å². The Hall–Kier alpha value is -1.06. The molecular formula is C10H12BrN3OS. The lowest BCUT2D eigenvalue weighted by molar-refractivity contribution is 0.321.